The number of fused-ring (bicyclic) bond motifs is 1. The number of carbonyl (C=O) groups is 1. The molecule has 0 radical (unpaired) electrons. The quantitative estimate of drug-likeness (QED) is 0.0469. The topological polar surface area (TPSA) is 155 Å². The fraction of sp³-hybridized carbons (Fsp3) is 0.340. The second-order valence-electron chi connectivity index (χ2n) is 15.3. The molecule has 7 rings (SSSR count). The number of hydrogen-bond donors (Lipinski definition) is 1. The molecule has 1 N–H and O–H groups in total. The third-order valence-corrected chi connectivity index (χ3v) is 12.8. The van der Waals surface area contributed by atoms with E-state index < -0.39 is 44.6 Å². The number of ether oxygens (including phenoxy) is 4. The van der Waals surface area contributed by atoms with Crippen LogP contribution in [0.5, 0.6) is 11.5 Å². The molecule has 63 heavy (non-hydrogen) atoms. The van der Waals surface area contributed by atoms with Gasteiger partial charge in [-0.3, -0.25) is 9.36 Å². The molecule has 16 heteroatoms. The van der Waals surface area contributed by atoms with E-state index in [0.717, 1.165) is 16.7 Å². The lowest BCUT2D eigenvalue weighted by Gasteiger charge is -2.39. The monoisotopic (exact) mass is 875 g/mol. The van der Waals surface area contributed by atoms with Gasteiger partial charge in [-0.1, -0.05) is 72.8 Å². The highest BCUT2D eigenvalue weighted by molar-refractivity contribution is 7.44. The van der Waals surface area contributed by atoms with E-state index in [1.54, 1.807) is 38.5 Å². The standard InChI is InChI=1S/C47H51FN7O7P/c1-31(2)55(32(3)4)63(60-27-13-26-49)62-42-39(61-46(40(42)48)54-30-52-41-43(50-29-51-44(41)54)53-45(56)33-14-9-7-10-15-33)28-59-47(34-16-11-8-12-17-34,35-18-22-37(57-5)23-19-35)36-20-24-38(58-6)25-21-36/h7-12,14-25,29-32,39-40,42,46H,13,27-28H2,1-6H3,(H,50,51,53,56)/t39-,40?,42+,46-,63?/m1/s1. The average Bonchev–Trinajstić information content (AvgIpc) is 3.87. The van der Waals surface area contributed by atoms with Crippen LogP contribution in [0.4, 0.5) is 10.2 Å². The zero-order chi connectivity index (χ0) is 44.5. The molecule has 3 heterocycles. The molecule has 2 aromatic heterocycles. The number of hydrogen-bond acceptors (Lipinski definition) is 12. The fourth-order valence-electron chi connectivity index (χ4n) is 7.76. The molecule has 1 amide bonds. The van der Waals surface area contributed by atoms with Gasteiger partial charge in [-0.05, 0) is 80.8 Å². The molecule has 1 fully saturated rings. The van der Waals surface area contributed by atoms with Crippen LogP contribution in [0.25, 0.3) is 11.2 Å². The number of anilines is 1. The normalized spacial score (nSPS) is 18.2. The molecule has 328 valence electrons. The molecule has 1 aliphatic rings. The van der Waals surface area contributed by atoms with Crippen LogP contribution >= 0.6 is 8.53 Å². The van der Waals surface area contributed by atoms with Gasteiger partial charge in [0.2, 0.25) is 0 Å². The molecule has 5 atom stereocenters. The number of halogens is 1. The lowest BCUT2D eigenvalue weighted by Crippen LogP contribution is -2.41. The second kappa shape index (κ2) is 20.6. The maximum Gasteiger partial charge on any atom is 0.259 e. The highest BCUT2D eigenvalue weighted by Crippen LogP contribution is 2.51. The number of rotatable bonds is 19. The minimum absolute atomic E-state index is 0.0567. The van der Waals surface area contributed by atoms with Crippen molar-refractivity contribution < 1.29 is 37.2 Å². The van der Waals surface area contributed by atoms with Gasteiger partial charge in [0.25, 0.3) is 14.4 Å². The number of alkyl halides is 1. The van der Waals surface area contributed by atoms with E-state index in [9.17, 15) is 10.1 Å². The molecule has 1 saturated heterocycles. The van der Waals surface area contributed by atoms with E-state index in [0.29, 0.717) is 17.1 Å². The largest absolute Gasteiger partial charge is 0.497 e. The zero-order valence-electron chi connectivity index (χ0n) is 36.0. The summed E-state index contributed by atoms with van der Waals surface area (Å²) < 4.78 is 59.3. The highest BCUT2D eigenvalue weighted by Gasteiger charge is 2.51. The maximum absolute atomic E-state index is 17.7. The molecule has 1 aliphatic heterocycles. The van der Waals surface area contributed by atoms with Crippen LogP contribution in [0.2, 0.25) is 0 Å². The van der Waals surface area contributed by atoms with E-state index in [4.69, 9.17) is 28.0 Å². The maximum atomic E-state index is 17.7. The highest BCUT2D eigenvalue weighted by atomic mass is 31.2. The van der Waals surface area contributed by atoms with Gasteiger partial charge in [0.1, 0.15) is 35.6 Å². The minimum Gasteiger partial charge on any atom is -0.497 e. The number of nitriles is 1. The van der Waals surface area contributed by atoms with Crippen LogP contribution in [0, 0.1) is 11.3 Å². The van der Waals surface area contributed by atoms with Crippen molar-refractivity contribution in [2.75, 3.05) is 32.8 Å². The Bertz CT molecular complexity index is 2400. The number of carbonyl (C=O) groups excluding carboxylic acids is 1. The SMILES string of the molecule is COc1ccc(C(OC[C@H]2O[C@@H](n3cnc4c(NC(=O)c5ccccc5)ncnc43)C(F)[C@H]2OP(OCCC#N)N(C(C)C)C(C)C)(c2ccccc2)c2ccc(OC)cc2)cc1. The predicted molar refractivity (Wildman–Crippen MR) is 237 cm³/mol. The number of benzene rings is 4. The van der Waals surface area contributed by atoms with Gasteiger partial charge < -0.3 is 33.3 Å². The first kappa shape index (κ1) is 45.2. The summed E-state index contributed by atoms with van der Waals surface area (Å²) in [5, 5.41) is 12.2. The van der Waals surface area contributed by atoms with Crippen molar-refractivity contribution in [3.63, 3.8) is 0 Å². The van der Waals surface area contributed by atoms with Gasteiger partial charge in [-0.15, -0.1) is 0 Å². The molecule has 0 saturated carbocycles. The Hall–Kier alpha value is -5.85. The van der Waals surface area contributed by atoms with Gasteiger partial charge in [-0.2, -0.15) is 5.26 Å². The van der Waals surface area contributed by atoms with E-state index in [2.05, 4.69) is 26.3 Å². The smallest absolute Gasteiger partial charge is 0.259 e. The number of nitrogens with one attached hydrogen (secondary N) is 1. The molecule has 14 nitrogen and oxygen atoms in total. The van der Waals surface area contributed by atoms with Gasteiger partial charge >= 0.3 is 0 Å². The number of amides is 1. The van der Waals surface area contributed by atoms with E-state index in [1.807, 2.05) is 117 Å². The first-order valence-corrected chi connectivity index (χ1v) is 21.8. The number of nitrogens with zero attached hydrogens (tertiary/aromatic N) is 6. The van der Waals surface area contributed by atoms with E-state index in [-0.39, 0.29) is 48.7 Å². The van der Waals surface area contributed by atoms with Crippen molar-refractivity contribution in [3.8, 4) is 17.6 Å². The van der Waals surface area contributed by atoms with Gasteiger partial charge in [0, 0.05) is 17.6 Å². The summed E-state index contributed by atoms with van der Waals surface area (Å²) in [5.74, 6) is 1.08. The van der Waals surface area contributed by atoms with Crippen molar-refractivity contribution in [2.24, 2.45) is 0 Å². The Morgan fingerprint density at radius 3 is 2.03 bits per heavy atom. The first-order valence-electron chi connectivity index (χ1n) is 20.7. The van der Waals surface area contributed by atoms with Crippen molar-refractivity contribution in [2.45, 2.75) is 76.4 Å². The third kappa shape index (κ3) is 9.72. The minimum atomic E-state index is -1.93. The molecule has 6 aromatic rings. The lowest BCUT2D eigenvalue weighted by molar-refractivity contribution is -0.0919. The number of imidazole rings is 1. The molecular formula is C47H51FN7O7P. The summed E-state index contributed by atoms with van der Waals surface area (Å²) in [6.45, 7) is 7.96. The van der Waals surface area contributed by atoms with Gasteiger partial charge in [-0.25, -0.2) is 24.0 Å². The Morgan fingerprint density at radius 2 is 1.46 bits per heavy atom. The summed E-state index contributed by atoms with van der Waals surface area (Å²) in [6.07, 6.45) is -2.59. The summed E-state index contributed by atoms with van der Waals surface area (Å²) in [6, 6.07) is 35.7. The molecule has 0 bridgehead atoms. The molecule has 2 unspecified atom stereocenters. The Labute approximate surface area is 367 Å². The van der Waals surface area contributed by atoms with Gasteiger partial charge in [0.05, 0.1) is 46.3 Å². The number of aromatic nitrogens is 4. The van der Waals surface area contributed by atoms with Crippen molar-refractivity contribution in [1.82, 2.24) is 24.2 Å². The Kier molecular flexibility index (Phi) is 14.7. The molecule has 4 aromatic carbocycles. The van der Waals surface area contributed by atoms with E-state index >= 15 is 4.39 Å². The van der Waals surface area contributed by atoms with Crippen LogP contribution in [0.1, 0.15) is 67.4 Å². The van der Waals surface area contributed by atoms with Crippen LogP contribution < -0.4 is 14.8 Å². The molecular weight excluding hydrogens is 825 g/mol. The van der Waals surface area contributed by atoms with Crippen LogP contribution in [0.3, 0.4) is 0 Å². The van der Waals surface area contributed by atoms with Crippen molar-refractivity contribution in [3.05, 3.63) is 144 Å². The summed E-state index contributed by atoms with van der Waals surface area (Å²) >= 11 is 0. The Balaban J connectivity index is 1.31. The van der Waals surface area contributed by atoms with Crippen LogP contribution in [-0.4, -0.2) is 88.0 Å². The molecule has 0 spiro atoms. The van der Waals surface area contributed by atoms with E-state index in [1.165, 1.54) is 17.2 Å². The summed E-state index contributed by atoms with van der Waals surface area (Å²) in [4.78, 5) is 26.5. The Morgan fingerprint density at radius 1 is 0.873 bits per heavy atom. The summed E-state index contributed by atoms with van der Waals surface area (Å²) in [5.41, 5.74) is 2.00. The summed E-state index contributed by atoms with van der Waals surface area (Å²) in [7, 11) is 1.29. The predicted octanol–water partition coefficient (Wildman–Crippen LogP) is 9.00. The van der Waals surface area contributed by atoms with Gasteiger partial charge in [0.15, 0.2) is 29.4 Å². The second-order valence-corrected chi connectivity index (χ2v) is 16.7. The number of methoxy groups -OCH3 is 2. The van der Waals surface area contributed by atoms with Crippen LogP contribution in [0.15, 0.2) is 122 Å². The van der Waals surface area contributed by atoms with Crippen molar-refractivity contribution >= 4 is 31.4 Å². The first-order chi connectivity index (χ1) is 30.6. The van der Waals surface area contributed by atoms with Crippen molar-refractivity contribution in [1.29, 1.82) is 5.26 Å². The molecule has 0 aliphatic carbocycles. The zero-order valence-corrected chi connectivity index (χ0v) is 36.9. The average molecular weight is 876 g/mol. The van der Waals surface area contributed by atoms with Crippen LogP contribution in [-0.2, 0) is 24.1 Å². The third-order valence-electron chi connectivity index (χ3n) is 10.7. The lowest BCUT2D eigenvalue weighted by atomic mass is 9.80. The fourth-order valence-corrected chi connectivity index (χ4v) is 9.52.